The molecule has 2 unspecified atom stereocenters. The molecular weight excluding hydrogens is 324 g/mol. The Bertz CT molecular complexity index is 497. The summed E-state index contributed by atoms with van der Waals surface area (Å²) in [5.41, 5.74) is 1.99. The fraction of sp³-hybridized carbons (Fsp3) is 0.727. The van der Waals surface area contributed by atoms with Gasteiger partial charge in [-0.1, -0.05) is 12.1 Å². The van der Waals surface area contributed by atoms with Crippen molar-refractivity contribution in [2.45, 2.75) is 92.9 Å². The van der Waals surface area contributed by atoms with Crippen molar-refractivity contribution in [2.24, 2.45) is 0 Å². The second kappa shape index (κ2) is 9.09. The first-order valence-electron chi connectivity index (χ1n) is 9.87. The van der Waals surface area contributed by atoms with Gasteiger partial charge in [0.15, 0.2) is 0 Å². The van der Waals surface area contributed by atoms with E-state index in [1.54, 1.807) is 0 Å². The van der Waals surface area contributed by atoms with Crippen molar-refractivity contribution in [1.29, 1.82) is 0 Å². The summed E-state index contributed by atoms with van der Waals surface area (Å²) in [7, 11) is 0. The second-order valence-corrected chi connectivity index (χ2v) is 8.72. The van der Waals surface area contributed by atoms with Gasteiger partial charge in [0.25, 0.3) is 0 Å². The van der Waals surface area contributed by atoms with Gasteiger partial charge in [-0.3, -0.25) is 0 Å². The highest BCUT2D eigenvalue weighted by atomic mass is 16.5. The average Bonchev–Trinajstić information content (AvgIpc) is 2.46. The minimum Gasteiger partial charge on any atom is -0.353 e. The number of anilines is 2. The van der Waals surface area contributed by atoms with Crippen LogP contribution in [-0.4, -0.2) is 36.7 Å². The number of ether oxygens (including phenoxy) is 2. The topological polar surface area (TPSA) is 24.9 Å². The fourth-order valence-electron chi connectivity index (χ4n) is 3.35. The quantitative estimate of drug-likeness (QED) is 0.556. The van der Waals surface area contributed by atoms with E-state index in [9.17, 15) is 0 Å². The molecule has 26 heavy (non-hydrogen) atoms. The summed E-state index contributed by atoms with van der Waals surface area (Å²) in [5, 5.41) is 0. The van der Waals surface area contributed by atoms with Gasteiger partial charge in [-0.25, -0.2) is 0 Å². The Labute approximate surface area is 161 Å². The number of benzene rings is 1. The van der Waals surface area contributed by atoms with Crippen molar-refractivity contribution >= 4 is 11.4 Å². The minimum absolute atomic E-state index is 0.0151. The van der Waals surface area contributed by atoms with Gasteiger partial charge >= 0.3 is 0 Å². The molecule has 0 radical (unpaired) electrons. The SMILES string of the molecule is CCN(c1ccccc1N(CC)C(C)OC(C)(C)C)C(C)OC(C)(C)C. The third-order valence-corrected chi connectivity index (χ3v) is 4.11. The lowest BCUT2D eigenvalue weighted by Crippen LogP contribution is -2.43. The molecule has 150 valence electrons. The molecule has 0 aliphatic rings. The number of nitrogens with zero attached hydrogens (tertiary/aromatic N) is 2. The van der Waals surface area contributed by atoms with Crippen LogP contribution in [0.5, 0.6) is 0 Å². The molecule has 2 atom stereocenters. The zero-order valence-electron chi connectivity index (χ0n) is 18.6. The first kappa shape index (κ1) is 22.8. The number of hydrogen-bond acceptors (Lipinski definition) is 4. The molecule has 0 bridgehead atoms. The third kappa shape index (κ3) is 6.81. The van der Waals surface area contributed by atoms with E-state index in [0.717, 1.165) is 13.1 Å². The predicted molar refractivity (Wildman–Crippen MR) is 113 cm³/mol. The standard InChI is InChI=1S/C22H40N2O2/c1-11-23(17(3)25-21(5,6)7)19-15-13-14-16-20(19)24(12-2)18(4)26-22(8,9)10/h13-18H,11-12H2,1-10H3. The molecule has 0 fully saturated rings. The maximum absolute atomic E-state index is 6.23. The smallest absolute Gasteiger partial charge is 0.128 e. The molecule has 0 aromatic heterocycles. The van der Waals surface area contributed by atoms with Crippen molar-refractivity contribution in [3.63, 3.8) is 0 Å². The molecule has 0 aliphatic carbocycles. The first-order valence-corrected chi connectivity index (χ1v) is 9.87. The van der Waals surface area contributed by atoms with E-state index in [0.29, 0.717) is 0 Å². The monoisotopic (exact) mass is 364 g/mol. The molecule has 0 saturated carbocycles. The van der Waals surface area contributed by atoms with Crippen molar-refractivity contribution < 1.29 is 9.47 Å². The lowest BCUT2D eigenvalue weighted by Gasteiger charge is -2.40. The van der Waals surface area contributed by atoms with E-state index in [1.807, 2.05) is 0 Å². The summed E-state index contributed by atoms with van der Waals surface area (Å²) in [5.74, 6) is 0. The van der Waals surface area contributed by atoms with Gasteiger partial charge in [0, 0.05) is 13.1 Å². The van der Waals surface area contributed by atoms with E-state index in [-0.39, 0.29) is 23.7 Å². The van der Waals surface area contributed by atoms with Gasteiger partial charge in [0.05, 0.1) is 22.6 Å². The molecule has 0 saturated heterocycles. The van der Waals surface area contributed by atoms with Crippen LogP contribution in [0.1, 0.15) is 69.2 Å². The van der Waals surface area contributed by atoms with E-state index in [2.05, 4.69) is 103 Å². The van der Waals surface area contributed by atoms with E-state index < -0.39 is 0 Å². The first-order chi connectivity index (χ1) is 11.9. The molecule has 0 N–H and O–H groups in total. The van der Waals surface area contributed by atoms with Crippen molar-refractivity contribution in [3.8, 4) is 0 Å². The summed E-state index contributed by atoms with van der Waals surface area (Å²) in [6.45, 7) is 22.9. The normalized spacial score (nSPS) is 14.8. The highest BCUT2D eigenvalue weighted by Gasteiger charge is 2.26. The molecular formula is C22H40N2O2. The second-order valence-electron chi connectivity index (χ2n) is 8.72. The maximum atomic E-state index is 6.23. The van der Waals surface area contributed by atoms with E-state index >= 15 is 0 Å². The van der Waals surface area contributed by atoms with Gasteiger partial charge in [-0.05, 0) is 81.4 Å². The van der Waals surface area contributed by atoms with Gasteiger partial charge in [0.2, 0.25) is 0 Å². The molecule has 0 heterocycles. The Morgan fingerprint density at radius 2 is 1.04 bits per heavy atom. The Morgan fingerprint density at radius 3 is 1.27 bits per heavy atom. The van der Waals surface area contributed by atoms with Crippen LogP contribution in [0.2, 0.25) is 0 Å². The van der Waals surface area contributed by atoms with Crippen LogP contribution in [0, 0.1) is 0 Å². The molecule has 1 rings (SSSR count). The molecule has 0 spiro atoms. The minimum atomic E-state index is -0.186. The molecule has 0 aliphatic heterocycles. The number of para-hydroxylation sites is 2. The number of hydrogen-bond donors (Lipinski definition) is 0. The van der Waals surface area contributed by atoms with Gasteiger partial charge in [0.1, 0.15) is 12.5 Å². The van der Waals surface area contributed by atoms with Gasteiger partial charge < -0.3 is 19.3 Å². The molecule has 1 aromatic rings. The summed E-state index contributed by atoms with van der Waals surface area (Å²) in [6, 6.07) is 8.53. The fourth-order valence-corrected chi connectivity index (χ4v) is 3.35. The Hall–Kier alpha value is -1.26. The summed E-state index contributed by atoms with van der Waals surface area (Å²) in [4.78, 5) is 4.63. The molecule has 0 amide bonds. The predicted octanol–water partition coefficient (Wildman–Crippen LogP) is 5.66. The van der Waals surface area contributed by atoms with Crippen LogP contribution in [0.25, 0.3) is 0 Å². The van der Waals surface area contributed by atoms with Crippen LogP contribution in [-0.2, 0) is 9.47 Å². The molecule has 1 aromatic carbocycles. The molecule has 4 nitrogen and oxygen atoms in total. The van der Waals surface area contributed by atoms with Gasteiger partial charge in [-0.15, -0.1) is 0 Å². The van der Waals surface area contributed by atoms with Crippen molar-refractivity contribution in [3.05, 3.63) is 24.3 Å². The van der Waals surface area contributed by atoms with Crippen molar-refractivity contribution in [2.75, 3.05) is 22.9 Å². The van der Waals surface area contributed by atoms with Crippen molar-refractivity contribution in [1.82, 2.24) is 0 Å². The largest absolute Gasteiger partial charge is 0.353 e. The summed E-state index contributed by atoms with van der Waals surface area (Å²) >= 11 is 0. The Kier molecular flexibility index (Phi) is 7.97. The van der Waals surface area contributed by atoms with E-state index in [1.165, 1.54) is 11.4 Å². The Balaban J connectivity index is 3.21. The van der Waals surface area contributed by atoms with E-state index in [4.69, 9.17) is 9.47 Å². The lowest BCUT2D eigenvalue weighted by atomic mass is 10.1. The zero-order chi connectivity index (χ0) is 20.1. The van der Waals surface area contributed by atoms with Gasteiger partial charge in [-0.2, -0.15) is 0 Å². The highest BCUT2D eigenvalue weighted by molar-refractivity contribution is 5.71. The lowest BCUT2D eigenvalue weighted by molar-refractivity contribution is -0.0535. The third-order valence-electron chi connectivity index (χ3n) is 4.11. The maximum Gasteiger partial charge on any atom is 0.128 e. The number of rotatable bonds is 8. The zero-order valence-corrected chi connectivity index (χ0v) is 18.6. The van der Waals surface area contributed by atoms with Crippen LogP contribution in [0.3, 0.4) is 0 Å². The molecule has 4 heteroatoms. The van der Waals surface area contributed by atoms with Crippen LogP contribution in [0.4, 0.5) is 11.4 Å². The summed E-state index contributed by atoms with van der Waals surface area (Å²) < 4.78 is 12.5. The highest BCUT2D eigenvalue weighted by Crippen LogP contribution is 2.33. The summed E-state index contributed by atoms with van der Waals surface area (Å²) in [6.07, 6.45) is -0.0302. The van der Waals surface area contributed by atoms with Crippen LogP contribution >= 0.6 is 0 Å². The average molecular weight is 365 g/mol. The van der Waals surface area contributed by atoms with Crippen LogP contribution < -0.4 is 9.80 Å². The van der Waals surface area contributed by atoms with Crippen LogP contribution in [0.15, 0.2) is 24.3 Å². The Morgan fingerprint density at radius 1 is 0.731 bits per heavy atom.